The van der Waals surface area contributed by atoms with Gasteiger partial charge in [0.25, 0.3) is 5.91 Å². The first-order valence-electron chi connectivity index (χ1n) is 7.02. The third kappa shape index (κ3) is 3.73. The fraction of sp³-hybridized carbons (Fsp3) is 0.467. The van der Waals surface area contributed by atoms with Gasteiger partial charge in [-0.2, -0.15) is 0 Å². The van der Waals surface area contributed by atoms with Gasteiger partial charge in [0.2, 0.25) is 5.91 Å². The predicted molar refractivity (Wildman–Crippen MR) is 78.8 cm³/mol. The number of likely N-dealkylation sites (tertiary alicyclic amines) is 1. The molecule has 114 valence electrons. The van der Waals surface area contributed by atoms with Crippen LogP contribution in [0.25, 0.3) is 0 Å². The number of amides is 2. The van der Waals surface area contributed by atoms with E-state index in [0.717, 1.165) is 19.4 Å². The van der Waals surface area contributed by atoms with Gasteiger partial charge in [0.15, 0.2) is 0 Å². The Morgan fingerprint density at radius 2 is 2.24 bits per heavy atom. The molecule has 4 nitrogen and oxygen atoms in total. The van der Waals surface area contributed by atoms with E-state index in [1.165, 1.54) is 18.2 Å². The minimum atomic E-state index is -0.622. The highest BCUT2D eigenvalue weighted by molar-refractivity contribution is 6.34. The largest absolute Gasteiger partial charge is 0.350 e. The van der Waals surface area contributed by atoms with Crippen molar-refractivity contribution < 1.29 is 14.0 Å². The summed E-state index contributed by atoms with van der Waals surface area (Å²) in [4.78, 5) is 25.6. The number of piperidine rings is 1. The second-order valence-electron chi connectivity index (χ2n) is 5.20. The van der Waals surface area contributed by atoms with E-state index in [1.54, 1.807) is 4.90 Å². The SMILES string of the molecule is C[C@@H](CNC(=O)c1cccc(F)c1Cl)N1CCCCC1=O. The van der Waals surface area contributed by atoms with Crippen molar-refractivity contribution in [2.24, 2.45) is 0 Å². The zero-order valence-electron chi connectivity index (χ0n) is 11.9. The van der Waals surface area contributed by atoms with E-state index < -0.39 is 11.7 Å². The maximum Gasteiger partial charge on any atom is 0.252 e. The highest BCUT2D eigenvalue weighted by Crippen LogP contribution is 2.19. The monoisotopic (exact) mass is 312 g/mol. The second-order valence-corrected chi connectivity index (χ2v) is 5.58. The molecule has 1 N–H and O–H groups in total. The van der Waals surface area contributed by atoms with Crippen LogP contribution in [0.5, 0.6) is 0 Å². The maximum absolute atomic E-state index is 13.3. The molecule has 0 aromatic heterocycles. The summed E-state index contributed by atoms with van der Waals surface area (Å²) in [7, 11) is 0. The molecule has 0 radical (unpaired) electrons. The Kier molecular flexibility index (Phi) is 5.17. The van der Waals surface area contributed by atoms with Gasteiger partial charge in [-0.05, 0) is 31.9 Å². The molecule has 1 heterocycles. The number of carbonyl (C=O) groups excluding carboxylic acids is 2. The van der Waals surface area contributed by atoms with Crippen LogP contribution in [-0.2, 0) is 4.79 Å². The third-order valence-corrected chi connectivity index (χ3v) is 4.03. The van der Waals surface area contributed by atoms with Gasteiger partial charge in [-0.3, -0.25) is 9.59 Å². The van der Waals surface area contributed by atoms with Gasteiger partial charge in [0, 0.05) is 25.6 Å². The van der Waals surface area contributed by atoms with Crippen LogP contribution in [0.3, 0.4) is 0 Å². The minimum absolute atomic E-state index is 0.0888. The Labute approximate surface area is 128 Å². The lowest BCUT2D eigenvalue weighted by atomic mass is 10.1. The number of carbonyl (C=O) groups is 2. The lowest BCUT2D eigenvalue weighted by Gasteiger charge is -2.32. The van der Waals surface area contributed by atoms with Crippen LogP contribution in [0.1, 0.15) is 36.5 Å². The fourth-order valence-corrected chi connectivity index (χ4v) is 2.63. The van der Waals surface area contributed by atoms with E-state index in [0.29, 0.717) is 13.0 Å². The number of rotatable bonds is 4. The highest BCUT2D eigenvalue weighted by Gasteiger charge is 2.23. The summed E-state index contributed by atoms with van der Waals surface area (Å²) in [6.45, 7) is 2.92. The number of hydrogen-bond acceptors (Lipinski definition) is 2. The molecule has 1 aromatic rings. The normalized spacial score (nSPS) is 16.7. The third-order valence-electron chi connectivity index (χ3n) is 3.65. The summed E-state index contributed by atoms with van der Waals surface area (Å²) < 4.78 is 13.3. The highest BCUT2D eigenvalue weighted by atomic mass is 35.5. The maximum atomic E-state index is 13.3. The van der Waals surface area contributed by atoms with Crippen molar-refractivity contribution in [1.29, 1.82) is 0 Å². The van der Waals surface area contributed by atoms with E-state index in [4.69, 9.17) is 11.6 Å². The first-order chi connectivity index (χ1) is 10.0. The first-order valence-corrected chi connectivity index (χ1v) is 7.40. The van der Waals surface area contributed by atoms with Crippen molar-refractivity contribution in [2.75, 3.05) is 13.1 Å². The molecule has 0 spiro atoms. The summed E-state index contributed by atoms with van der Waals surface area (Å²) in [6, 6.07) is 4.02. The van der Waals surface area contributed by atoms with E-state index >= 15 is 0 Å². The van der Waals surface area contributed by atoms with Crippen molar-refractivity contribution in [3.63, 3.8) is 0 Å². The average Bonchev–Trinajstić information content (AvgIpc) is 2.47. The molecule has 2 amide bonds. The zero-order chi connectivity index (χ0) is 15.4. The molecule has 1 fully saturated rings. The molecule has 1 aromatic carbocycles. The Balaban J connectivity index is 1.94. The first kappa shape index (κ1) is 15.8. The number of hydrogen-bond donors (Lipinski definition) is 1. The second kappa shape index (κ2) is 6.89. The quantitative estimate of drug-likeness (QED) is 0.929. The van der Waals surface area contributed by atoms with Crippen LogP contribution in [0.4, 0.5) is 4.39 Å². The van der Waals surface area contributed by atoms with Crippen LogP contribution < -0.4 is 5.32 Å². The molecule has 0 unspecified atom stereocenters. The Hall–Kier alpha value is -1.62. The molecule has 1 aliphatic heterocycles. The molecule has 1 atom stereocenters. The van der Waals surface area contributed by atoms with Gasteiger partial charge >= 0.3 is 0 Å². The fourth-order valence-electron chi connectivity index (χ4n) is 2.42. The molecule has 1 aliphatic rings. The lowest BCUT2D eigenvalue weighted by Crippen LogP contribution is -2.47. The number of nitrogens with zero attached hydrogens (tertiary/aromatic N) is 1. The van der Waals surface area contributed by atoms with Crippen LogP contribution >= 0.6 is 11.6 Å². The van der Waals surface area contributed by atoms with Crippen molar-refractivity contribution in [2.45, 2.75) is 32.2 Å². The van der Waals surface area contributed by atoms with E-state index in [-0.39, 0.29) is 22.5 Å². The number of benzene rings is 1. The average molecular weight is 313 g/mol. The summed E-state index contributed by atoms with van der Waals surface area (Å²) in [6.07, 6.45) is 2.47. The van der Waals surface area contributed by atoms with E-state index in [1.807, 2.05) is 6.92 Å². The van der Waals surface area contributed by atoms with Crippen molar-refractivity contribution in [3.8, 4) is 0 Å². The molecular formula is C15H18ClFN2O2. The Morgan fingerprint density at radius 3 is 2.95 bits per heavy atom. The smallest absolute Gasteiger partial charge is 0.252 e. The predicted octanol–water partition coefficient (Wildman–Crippen LogP) is 2.61. The molecule has 0 bridgehead atoms. The van der Waals surface area contributed by atoms with Crippen LogP contribution in [0, 0.1) is 5.82 Å². The van der Waals surface area contributed by atoms with E-state index in [2.05, 4.69) is 5.32 Å². The zero-order valence-corrected chi connectivity index (χ0v) is 12.6. The molecule has 1 saturated heterocycles. The van der Waals surface area contributed by atoms with Gasteiger partial charge in [-0.25, -0.2) is 4.39 Å². The topological polar surface area (TPSA) is 49.4 Å². The molecule has 21 heavy (non-hydrogen) atoms. The molecule has 2 rings (SSSR count). The number of nitrogens with one attached hydrogen (secondary N) is 1. The molecule has 0 aliphatic carbocycles. The van der Waals surface area contributed by atoms with Gasteiger partial charge in [-0.15, -0.1) is 0 Å². The summed E-state index contributed by atoms with van der Waals surface area (Å²) in [5.41, 5.74) is 0.105. The summed E-state index contributed by atoms with van der Waals surface area (Å²) >= 11 is 5.77. The van der Waals surface area contributed by atoms with Gasteiger partial charge in [0.05, 0.1) is 10.6 Å². The van der Waals surface area contributed by atoms with E-state index in [9.17, 15) is 14.0 Å². The van der Waals surface area contributed by atoms with Crippen molar-refractivity contribution in [1.82, 2.24) is 10.2 Å². The minimum Gasteiger partial charge on any atom is -0.350 e. The molecule has 6 heteroatoms. The van der Waals surface area contributed by atoms with Crippen LogP contribution in [0.2, 0.25) is 5.02 Å². The summed E-state index contributed by atoms with van der Waals surface area (Å²) in [5, 5.41) is 2.52. The Bertz CT molecular complexity index is 550. The molecular weight excluding hydrogens is 295 g/mol. The lowest BCUT2D eigenvalue weighted by molar-refractivity contribution is -0.135. The standard InChI is InChI=1S/C15H18ClFN2O2/c1-10(19-8-3-2-7-13(19)20)9-18-15(21)11-5-4-6-12(17)14(11)16/h4-6,10H,2-3,7-9H2,1H3,(H,18,21)/t10-/m0/s1. The number of halogens is 2. The Morgan fingerprint density at radius 1 is 1.48 bits per heavy atom. The van der Waals surface area contributed by atoms with Gasteiger partial charge < -0.3 is 10.2 Å². The molecule has 0 saturated carbocycles. The van der Waals surface area contributed by atoms with Gasteiger partial charge in [-0.1, -0.05) is 17.7 Å². The van der Waals surface area contributed by atoms with Crippen LogP contribution in [-0.4, -0.2) is 35.8 Å². The van der Waals surface area contributed by atoms with Crippen LogP contribution in [0.15, 0.2) is 18.2 Å². The van der Waals surface area contributed by atoms with Crippen molar-refractivity contribution >= 4 is 23.4 Å². The van der Waals surface area contributed by atoms with Gasteiger partial charge in [0.1, 0.15) is 5.82 Å². The van der Waals surface area contributed by atoms with Crippen molar-refractivity contribution in [3.05, 3.63) is 34.6 Å². The summed E-state index contributed by atoms with van der Waals surface area (Å²) in [5.74, 6) is -0.939.